The van der Waals surface area contributed by atoms with Crippen molar-refractivity contribution in [3.63, 3.8) is 0 Å². The van der Waals surface area contributed by atoms with Gasteiger partial charge < -0.3 is 10.1 Å². The van der Waals surface area contributed by atoms with E-state index >= 15 is 0 Å². The van der Waals surface area contributed by atoms with Crippen LogP contribution in [0.3, 0.4) is 0 Å². The number of carbonyl (C=O) groups is 1. The van der Waals surface area contributed by atoms with E-state index in [9.17, 15) is 4.79 Å². The second kappa shape index (κ2) is 8.06. The minimum absolute atomic E-state index is 0.227. The van der Waals surface area contributed by atoms with Crippen molar-refractivity contribution >= 4 is 5.91 Å². The molecule has 0 bridgehead atoms. The van der Waals surface area contributed by atoms with Crippen LogP contribution in [-0.2, 0) is 6.42 Å². The maximum atomic E-state index is 12.2. The molecule has 25 heavy (non-hydrogen) atoms. The predicted molar refractivity (Wildman–Crippen MR) is 96.5 cm³/mol. The number of nitrogens with zero attached hydrogens (tertiary/aromatic N) is 2. The number of hydrogen-bond donors (Lipinski definition) is 1. The first-order valence-electron chi connectivity index (χ1n) is 8.06. The van der Waals surface area contributed by atoms with Crippen molar-refractivity contribution < 1.29 is 9.53 Å². The van der Waals surface area contributed by atoms with Gasteiger partial charge in [0, 0.05) is 12.1 Å². The SMILES string of the molecule is COc1cccc(CCNC(=O)c2ccc(-c3ccccc3)nn2)c1. The molecule has 2 aromatic carbocycles. The van der Waals surface area contributed by atoms with E-state index in [-0.39, 0.29) is 5.91 Å². The van der Waals surface area contributed by atoms with Crippen molar-refractivity contribution in [2.45, 2.75) is 6.42 Å². The molecule has 126 valence electrons. The lowest BCUT2D eigenvalue weighted by molar-refractivity contribution is 0.0948. The molecule has 0 unspecified atom stereocenters. The summed E-state index contributed by atoms with van der Waals surface area (Å²) in [5.74, 6) is 0.584. The number of aromatic nitrogens is 2. The molecule has 0 radical (unpaired) electrons. The smallest absolute Gasteiger partial charge is 0.271 e. The number of ether oxygens (including phenoxy) is 1. The van der Waals surface area contributed by atoms with Crippen LogP contribution in [0.1, 0.15) is 16.1 Å². The zero-order valence-corrected chi connectivity index (χ0v) is 14.0. The van der Waals surface area contributed by atoms with Gasteiger partial charge in [0.15, 0.2) is 5.69 Å². The van der Waals surface area contributed by atoms with Crippen LogP contribution in [0.2, 0.25) is 0 Å². The number of carbonyl (C=O) groups excluding carboxylic acids is 1. The largest absolute Gasteiger partial charge is 0.497 e. The van der Waals surface area contributed by atoms with Crippen molar-refractivity contribution in [2.75, 3.05) is 13.7 Å². The first kappa shape index (κ1) is 16.6. The van der Waals surface area contributed by atoms with Gasteiger partial charge in [-0.2, -0.15) is 0 Å². The Morgan fingerprint density at radius 3 is 2.56 bits per heavy atom. The van der Waals surface area contributed by atoms with E-state index in [0.717, 1.165) is 29.0 Å². The summed E-state index contributed by atoms with van der Waals surface area (Å²) < 4.78 is 5.19. The van der Waals surface area contributed by atoms with Crippen LogP contribution in [0.5, 0.6) is 5.75 Å². The molecule has 0 aliphatic carbocycles. The van der Waals surface area contributed by atoms with E-state index in [0.29, 0.717) is 12.2 Å². The summed E-state index contributed by atoms with van der Waals surface area (Å²) in [6.07, 6.45) is 0.721. The molecule has 0 saturated heterocycles. The molecule has 5 heteroatoms. The van der Waals surface area contributed by atoms with Crippen LogP contribution in [-0.4, -0.2) is 29.8 Å². The molecule has 1 amide bonds. The molecule has 1 aromatic heterocycles. The summed E-state index contributed by atoms with van der Waals surface area (Å²) in [4.78, 5) is 12.2. The Bertz CT molecular complexity index is 833. The van der Waals surface area contributed by atoms with Gasteiger partial charge >= 0.3 is 0 Å². The highest BCUT2D eigenvalue weighted by Gasteiger charge is 2.08. The molecule has 0 aliphatic rings. The zero-order chi connectivity index (χ0) is 17.5. The van der Waals surface area contributed by atoms with E-state index in [1.165, 1.54) is 0 Å². The summed E-state index contributed by atoms with van der Waals surface area (Å²) in [6.45, 7) is 0.522. The zero-order valence-electron chi connectivity index (χ0n) is 14.0. The summed E-state index contributed by atoms with van der Waals surface area (Å²) in [5.41, 5.74) is 3.13. The van der Waals surface area contributed by atoms with Gasteiger partial charge in [-0.05, 0) is 36.2 Å². The molecule has 3 aromatic rings. The van der Waals surface area contributed by atoms with Crippen molar-refractivity contribution in [1.29, 1.82) is 0 Å². The monoisotopic (exact) mass is 333 g/mol. The van der Waals surface area contributed by atoms with Gasteiger partial charge in [0.25, 0.3) is 5.91 Å². The Balaban J connectivity index is 1.56. The number of hydrogen-bond acceptors (Lipinski definition) is 4. The van der Waals surface area contributed by atoms with Gasteiger partial charge in [-0.25, -0.2) is 0 Å². The van der Waals surface area contributed by atoms with E-state index in [1.54, 1.807) is 19.2 Å². The lowest BCUT2D eigenvalue weighted by Crippen LogP contribution is -2.26. The predicted octanol–water partition coefficient (Wildman–Crippen LogP) is 3.12. The number of rotatable bonds is 6. The fraction of sp³-hybridized carbons (Fsp3) is 0.150. The van der Waals surface area contributed by atoms with Crippen molar-refractivity contribution in [3.8, 4) is 17.0 Å². The third-order valence-corrected chi connectivity index (χ3v) is 3.80. The first-order chi connectivity index (χ1) is 12.3. The van der Waals surface area contributed by atoms with E-state index in [2.05, 4.69) is 15.5 Å². The van der Waals surface area contributed by atoms with Crippen LogP contribution in [0.25, 0.3) is 11.3 Å². The fourth-order valence-corrected chi connectivity index (χ4v) is 2.46. The average molecular weight is 333 g/mol. The molecule has 0 fully saturated rings. The minimum Gasteiger partial charge on any atom is -0.497 e. The van der Waals surface area contributed by atoms with E-state index in [1.807, 2.05) is 54.6 Å². The third kappa shape index (κ3) is 4.41. The second-order valence-electron chi connectivity index (χ2n) is 5.53. The lowest BCUT2D eigenvalue weighted by Gasteiger charge is -2.06. The van der Waals surface area contributed by atoms with Crippen molar-refractivity contribution in [3.05, 3.63) is 78.0 Å². The maximum absolute atomic E-state index is 12.2. The highest BCUT2D eigenvalue weighted by atomic mass is 16.5. The Morgan fingerprint density at radius 1 is 1.00 bits per heavy atom. The molecule has 3 rings (SSSR count). The molecular weight excluding hydrogens is 314 g/mol. The minimum atomic E-state index is -0.227. The number of nitrogens with one attached hydrogen (secondary N) is 1. The Hall–Kier alpha value is -3.21. The molecule has 1 N–H and O–H groups in total. The molecule has 0 atom stereocenters. The molecule has 0 aliphatic heterocycles. The maximum Gasteiger partial charge on any atom is 0.271 e. The van der Waals surface area contributed by atoms with Gasteiger partial charge in [-0.15, -0.1) is 10.2 Å². The van der Waals surface area contributed by atoms with Gasteiger partial charge in [-0.3, -0.25) is 4.79 Å². The van der Waals surface area contributed by atoms with Crippen molar-refractivity contribution in [2.24, 2.45) is 0 Å². The summed E-state index contributed by atoms with van der Waals surface area (Å²) in [6, 6.07) is 21.0. The molecular formula is C20H19N3O2. The Kier molecular flexibility index (Phi) is 5.36. The quantitative estimate of drug-likeness (QED) is 0.753. The molecule has 5 nitrogen and oxygen atoms in total. The fourth-order valence-electron chi connectivity index (χ4n) is 2.46. The van der Waals surface area contributed by atoms with Crippen LogP contribution in [0.4, 0.5) is 0 Å². The normalized spacial score (nSPS) is 10.3. The number of methoxy groups -OCH3 is 1. The molecule has 1 heterocycles. The summed E-state index contributed by atoms with van der Waals surface area (Å²) >= 11 is 0. The third-order valence-electron chi connectivity index (χ3n) is 3.80. The lowest BCUT2D eigenvalue weighted by atomic mass is 10.1. The van der Waals surface area contributed by atoms with Gasteiger partial charge in [0.1, 0.15) is 5.75 Å². The molecule has 0 spiro atoms. The van der Waals surface area contributed by atoms with Gasteiger partial charge in [-0.1, -0.05) is 42.5 Å². The van der Waals surface area contributed by atoms with Gasteiger partial charge in [0.2, 0.25) is 0 Å². The average Bonchev–Trinajstić information content (AvgIpc) is 2.69. The standard InChI is InChI=1S/C20H19N3O2/c1-25-17-9-5-6-15(14-17)12-13-21-20(24)19-11-10-18(22-23-19)16-7-3-2-4-8-16/h2-11,14H,12-13H2,1H3,(H,21,24). The van der Waals surface area contributed by atoms with Crippen LogP contribution in [0, 0.1) is 0 Å². The van der Waals surface area contributed by atoms with E-state index in [4.69, 9.17) is 4.74 Å². The van der Waals surface area contributed by atoms with Crippen LogP contribution in [0.15, 0.2) is 66.7 Å². The molecule has 0 saturated carbocycles. The van der Waals surface area contributed by atoms with Gasteiger partial charge in [0.05, 0.1) is 12.8 Å². The van der Waals surface area contributed by atoms with Crippen LogP contribution >= 0.6 is 0 Å². The first-order valence-corrected chi connectivity index (χ1v) is 8.06. The summed E-state index contributed by atoms with van der Waals surface area (Å²) in [5, 5.41) is 11.0. The van der Waals surface area contributed by atoms with Crippen LogP contribution < -0.4 is 10.1 Å². The second-order valence-corrected chi connectivity index (χ2v) is 5.53. The highest BCUT2D eigenvalue weighted by molar-refractivity contribution is 5.92. The highest BCUT2D eigenvalue weighted by Crippen LogP contribution is 2.15. The topological polar surface area (TPSA) is 64.1 Å². The number of amides is 1. The Morgan fingerprint density at radius 2 is 1.84 bits per heavy atom. The van der Waals surface area contributed by atoms with E-state index < -0.39 is 0 Å². The number of benzene rings is 2. The summed E-state index contributed by atoms with van der Waals surface area (Å²) in [7, 11) is 1.64. The Labute approximate surface area is 146 Å². The van der Waals surface area contributed by atoms with Crippen molar-refractivity contribution in [1.82, 2.24) is 15.5 Å².